The van der Waals surface area contributed by atoms with Crippen molar-refractivity contribution in [2.75, 3.05) is 11.1 Å². The quantitative estimate of drug-likeness (QED) is 0.814. The van der Waals surface area contributed by atoms with E-state index in [1.807, 2.05) is 11.8 Å². The van der Waals surface area contributed by atoms with Crippen molar-refractivity contribution in [1.82, 2.24) is 9.97 Å². The molecule has 2 unspecified atom stereocenters. The number of rotatable bonds is 2. The highest BCUT2D eigenvalue weighted by atomic mass is 32.2. The fourth-order valence-corrected chi connectivity index (χ4v) is 2.64. The SMILES string of the molecule is CC1CC(Nc2ncc(F)cn2)CS1. The van der Waals surface area contributed by atoms with E-state index < -0.39 is 5.82 Å². The molecule has 0 aromatic carbocycles. The lowest BCUT2D eigenvalue weighted by molar-refractivity contribution is 0.613. The summed E-state index contributed by atoms with van der Waals surface area (Å²) in [6.45, 7) is 2.21. The maximum absolute atomic E-state index is 12.5. The first-order chi connectivity index (χ1) is 6.74. The summed E-state index contributed by atoms with van der Waals surface area (Å²) in [4.78, 5) is 7.72. The third-order valence-corrected chi connectivity index (χ3v) is 3.51. The lowest BCUT2D eigenvalue weighted by Gasteiger charge is -2.10. The molecule has 14 heavy (non-hydrogen) atoms. The first kappa shape index (κ1) is 9.71. The van der Waals surface area contributed by atoms with Gasteiger partial charge in [0.25, 0.3) is 0 Å². The van der Waals surface area contributed by atoms with Gasteiger partial charge in [0.15, 0.2) is 5.82 Å². The molecule has 2 rings (SSSR count). The maximum atomic E-state index is 12.5. The predicted molar refractivity (Wildman–Crippen MR) is 55.9 cm³/mol. The van der Waals surface area contributed by atoms with Crippen LogP contribution in [0.4, 0.5) is 10.3 Å². The van der Waals surface area contributed by atoms with Crippen molar-refractivity contribution in [1.29, 1.82) is 0 Å². The first-order valence-electron chi connectivity index (χ1n) is 4.60. The number of hydrogen-bond acceptors (Lipinski definition) is 4. The van der Waals surface area contributed by atoms with Crippen molar-refractivity contribution < 1.29 is 4.39 Å². The average molecular weight is 213 g/mol. The van der Waals surface area contributed by atoms with E-state index in [0.29, 0.717) is 17.2 Å². The van der Waals surface area contributed by atoms with Gasteiger partial charge in [-0.3, -0.25) is 0 Å². The molecule has 0 radical (unpaired) electrons. The molecule has 76 valence electrons. The van der Waals surface area contributed by atoms with E-state index in [0.717, 1.165) is 12.2 Å². The van der Waals surface area contributed by atoms with Crippen LogP contribution in [-0.4, -0.2) is 27.0 Å². The van der Waals surface area contributed by atoms with Gasteiger partial charge in [-0.05, 0) is 6.42 Å². The molecule has 1 saturated heterocycles. The molecule has 1 fully saturated rings. The summed E-state index contributed by atoms with van der Waals surface area (Å²) < 4.78 is 12.5. The van der Waals surface area contributed by atoms with Crippen LogP contribution in [0.2, 0.25) is 0 Å². The minimum absolute atomic E-state index is 0.398. The molecule has 1 aliphatic rings. The Morgan fingerprint density at radius 2 is 2.21 bits per heavy atom. The Morgan fingerprint density at radius 3 is 2.79 bits per heavy atom. The van der Waals surface area contributed by atoms with Crippen molar-refractivity contribution in [2.45, 2.75) is 24.6 Å². The number of anilines is 1. The summed E-state index contributed by atoms with van der Waals surface area (Å²) in [7, 11) is 0. The maximum Gasteiger partial charge on any atom is 0.223 e. The van der Waals surface area contributed by atoms with E-state index in [1.54, 1.807) is 0 Å². The minimum Gasteiger partial charge on any atom is -0.351 e. The molecular formula is C9H12FN3S. The van der Waals surface area contributed by atoms with Gasteiger partial charge in [-0.25, -0.2) is 14.4 Å². The average Bonchev–Trinajstić information content (AvgIpc) is 2.56. The largest absolute Gasteiger partial charge is 0.351 e. The van der Waals surface area contributed by atoms with Gasteiger partial charge in [0.1, 0.15) is 0 Å². The summed E-state index contributed by atoms with van der Waals surface area (Å²) in [5, 5.41) is 3.88. The topological polar surface area (TPSA) is 37.8 Å². The summed E-state index contributed by atoms with van der Waals surface area (Å²) in [5.74, 6) is 1.19. The van der Waals surface area contributed by atoms with E-state index >= 15 is 0 Å². The Balaban J connectivity index is 1.94. The van der Waals surface area contributed by atoms with Gasteiger partial charge in [0.05, 0.1) is 12.4 Å². The Labute approximate surface area is 86.5 Å². The molecule has 3 nitrogen and oxygen atoms in total. The highest BCUT2D eigenvalue weighted by Gasteiger charge is 2.21. The highest BCUT2D eigenvalue weighted by molar-refractivity contribution is 8.00. The van der Waals surface area contributed by atoms with Crippen LogP contribution >= 0.6 is 11.8 Å². The molecule has 2 heterocycles. The smallest absolute Gasteiger partial charge is 0.223 e. The van der Waals surface area contributed by atoms with E-state index in [4.69, 9.17) is 0 Å². The van der Waals surface area contributed by atoms with Gasteiger partial charge < -0.3 is 5.32 Å². The number of nitrogens with zero attached hydrogens (tertiary/aromatic N) is 2. The van der Waals surface area contributed by atoms with E-state index in [1.165, 1.54) is 12.4 Å². The third-order valence-electron chi connectivity index (χ3n) is 2.15. The van der Waals surface area contributed by atoms with Gasteiger partial charge in [0, 0.05) is 17.0 Å². The molecule has 0 spiro atoms. The minimum atomic E-state index is -0.398. The molecule has 1 aliphatic heterocycles. The second-order valence-electron chi connectivity index (χ2n) is 3.45. The van der Waals surface area contributed by atoms with Crippen molar-refractivity contribution in [3.8, 4) is 0 Å². The van der Waals surface area contributed by atoms with Gasteiger partial charge >= 0.3 is 0 Å². The zero-order valence-electron chi connectivity index (χ0n) is 7.90. The number of halogens is 1. The summed E-state index contributed by atoms with van der Waals surface area (Å²) in [5.41, 5.74) is 0. The normalized spacial score (nSPS) is 26.4. The van der Waals surface area contributed by atoms with Crippen LogP contribution in [0.25, 0.3) is 0 Å². The summed E-state index contributed by atoms with van der Waals surface area (Å²) in [6, 6.07) is 0.417. The van der Waals surface area contributed by atoms with Gasteiger partial charge in [-0.1, -0.05) is 6.92 Å². The van der Waals surface area contributed by atoms with Crippen LogP contribution in [0.3, 0.4) is 0 Å². The van der Waals surface area contributed by atoms with Crippen molar-refractivity contribution in [3.05, 3.63) is 18.2 Å². The fraction of sp³-hybridized carbons (Fsp3) is 0.556. The molecule has 1 N–H and O–H groups in total. The van der Waals surface area contributed by atoms with E-state index in [2.05, 4.69) is 22.2 Å². The van der Waals surface area contributed by atoms with E-state index in [9.17, 15) is 4.39 Å². The molecule has 0 saturated carbocycles. The molecule has 0 bridgehead atoms. The second kappa shape index (κ2) is 4.13. The first-order valence-corrected chi connectivity index (χ1v) is 5.64. The van der Waals surface area contributed by atoms with Crippen LogP contribution in [0.1, 0.15) is 13.3 Å². The lowest BCUT2D eigenvalue weighted by Crippen LogP contribution is -2.20. The Morgan fingerprint density at radius 1 is 1.50 bits per heavy atom. The predicted octanol–water partition coefficient (Wildman–Crippen LogP) is 1.92. The molecule has 0 amide bonds. The number of hydrogen-bond donors (Lipinski definition) is 1. The monoisotopic (exact) mass is 213 g/mol. The third kappa shape index (κ3) is 2.35. The van der Waals surface area contributed by atoms with Crippen molar-refractivity contribution >= 4 is 17.7 Å². The van der Waals surface area contributed by atoms with Crippen LogP contribution in [0.15, 0.2) is 12.4 Å². The molecule has 2 atom stereocenters. The zero-order valence-corrected chi connectivity index (χ0v) is 8.72. The van der Waals surface area contributed by atoms with Crippen LogP contribution in [-0.2, 0) is 0 Å². The van der Waals surface area contributed by atoms with Crippen LogP contribution in [0, 0.1) is 5.82 Å². The van der Waals surface area contributed by atoms with Crippen LogP contribution in [0.5, 0.6) is 0 Å². The molecule has 0 aliphatic carbocycles. The Hall–Kier alpha value is -0.840. The Bertz CT molecular complexity index is 303. The molecule has 1 aromatic rings. The molecule has 5 heteroatoms. The van der Waals surface area contributed by atoms with Crippen LogP contribution < -0.4 is 5.32 Å². The number of thioether (sulfide) groups is 1. The number of nitrogens with one attached hydrogen (secondary N) is 1. The van der Waals surface area contributed by atoms with Gasteiger partial charge in [-0.2, -0.15) is 11.8 Å². The Kier molecular flexibility index (Phi) is 2.86. The standard InChI is InChI=1S/C9H12FN3S/c1-6-2-8(5-14-6)13-9-11-3-7(10)4-12-9/h3-4,6,8H,2,5H2,1H3,(H,11,12,13). The fourth-order valence-electron chi connectivity index (χ4n) is 1.49. The zero-order chi connectivity index (χ0) is 9.97. The summed E-state index contributed by atoms with van der Waals surface area (Å²) in [6.07, 6.45) is 3.48. The summed E-state index contributed by atoms with van der Waals surface area (Å²) >= 11 is 1.94. The van der Waals surface area contributed by atoms with E-state index in [-0.39, 0.29) is 0 Å². The molecular weight excluding hydrogens is 201 g/mol. The second-order valence-corrected chi connectivity index (χ2v) is 4.92. The van der Waals surface area contributed by atoms with Crippen molar-refractivity contribution in [3.63, 3.8) is 0 Å². The molecule has 1 aromatic heterocycles. The lowest BCUT2D eigenvalue weighted by atomic mass is 10.2. The van der Waals surface area contributed by atoms with Gasteiger partial charge in [0.2, 0.25) is 5.95 Å². The van der Waals surface area contributed by atoms with Crippen molar-refractivity contribution in [2.24, 2.45) is 0 Å². The highest BCUT2D eigenvalue weighted by Crippen LogP contribution is 2.27. The number of aromatic nitrogens is 2. The van der Waals surface area contributed by atoms with Gasteiger partial charge in [-0.15, -0.1) is 0 Å².